The highest BCUT2D eigenvalue weighted by molar-refractivity contribution is 5.76. The topological polar surface area (TPSA) is 147 Å². The van der Waals surface area contributed by atoms with Crippen LogP contribution >= 0.6 is 0 Å². The second kappa shape index (κ2) is 14.0. The van der Waals surface area contributed by atoms with Crippen molar-refractivity contribution in [2.24, 2.45) is 11.8 Å². The van der Waals surface area contributed by atoms with Crippen LogP contribution in [0.3, 0.4) is 0 Å². The number of aliphatic hydroxyl groups is 3. The molecule has 1 aliphatic heterocycles. The maximum Gasteiger partial charge on any atom is 0.220 e. The van der Waals surface area contributed by atoms with E-state index in [4.69, 9.17) is 14.2 Å². The summed E-state index contributed by atoms with van der Waals surface area (Å²) < 4.78 is 17.8. The Hall–Kier alpha value is -1.30. The van der Waals surface area contributed by atoms with E-state index in [0.29, 0.717) is 31.6 Å². The fourth-order valence-electron chi connectivity index (χ4n) is 6.23. The maximum absolute atomic E-state index is 12.7. The zero-order valence-electron chi connectivity index (χ0n) is 25.3. The molecule has 5 unspecified atom stereocenters. The highest BCUT2D eigenvalue weighted by Gasteiger charge is 2.47. The molecule has 0 aromatic carbocycles. The lowest BCUT2D eigenvalue weighted by atomic mass is 9.66. The number of amides is 2. The van der Waals surface area contributed by atoms with Crippen molar-refractivity contribution in [2.45, 2.75) is 148 Å². The Morgan fingerprint density at radius 3 is 2.28 bits per heavy atom. The fourth-order valence-corrected chi connectivity index (χ4v) is 6.23. The lowest BCUT2D eigenvalue weighted by Gasteiger charge is -2.51. The molecular formula is C29H54N2O8. The highest BCUT2D eigenvalue weighted by atomic mass is 16.7. The number of hydrogen-bond donors (Lipinski definition) is 5. The first-order chi connectivity index (χ1) is 18.0. The van der Waals surface area contributed by atoms with Crippen LogP contribution in [0.1, 0.15) is 100 Å². The van der Waals surface area contributed by atoms with E-state index in [1.165, 1.54) is 6.92 Å². The summed E-state index contributed by atoms with van der Waals surface area (Å²) in [7, 11) is 0. The molecular weight excluding hydrogens is 504 g/mol. The number of carbonyl (C=O) groups is 2. The van der Waals surface area contributed by atoms with Gasteiger partial charge in [-0.2, -0.15) is 0 Å². The molecule has 228 valence electrons. The van der Waals surface area contributed by atoms with Crippen molar-refractivity contribution in [1.82, 2.24) is 10.6 Å². The van der Waals surface area contributed by atoms with Gasteiger partial charge in [-0.25, -0.2) is 0 Å². The van der Waals surface area contributed by atoms with Crippen molar-refractivity contribution in [3.63, 3.8) is 0 Å². The third-order valence-electron chi connectivity index (χ3n) is 7.78. The van der Waals surface area contributed by atoms with Gasteiger partial charge >= 0.3 is 0 Å². The second-order valence-corrected chi connectivity index (χ2v) is 13.4. The van der Waals surface area contributed by atoms with Crippen molar-refractivity contribution in [1.29, 1.82) is 0 Å². The van der Waals surface area contributed by atoms with Crippen LogP contribution in [0.5, 0.6) is 0 Å². The maximum atomic E-state index is 12.7. The Labute approximate surface area is 234 Å². The lowest BCUT2D eigenvalue weighted by molar-refractivity contribution is -0.270. The predicted octanol–water partition coefficient (Wildman–Crippen LogP) is 2.41. The first-order valence-electron chi connectivity index (χ1n) is 14.5. The zero-order valence-corrected chi connectivity index (χ0v) is 25.3. The van der Waals surface area contributed by atoms with E-state index in [-0.39, 0.29) is 23.7 Å². The van der Waals surface area contributed by atoms with E-state index in [1.807, 2.05) is 13.8 Å². The summed E-state index contributed by atoms with van der Waals surface area (Å²) in [6, 6.07) is -0.954. The van der Waals surface area contributed by atoms with Crippen LogP contribution in [0.15, 0.2) is 0 Å². The molecule has 1 saturated heterocycles. The Morgan fingerprint density at radius 2 is 1.72 bits per heavy atom. The Morgan fingerprint density at radius 1 is 1.08 bits per heavy atom. The summed E-state index contributed by atoms with van der Waals surface area (Å²) in [6.45, 7) is 16.1. The molecule has 5 atom stereocenters. The SMILES string of the molecule is CC(=O)NC1C(OCCCCCC(=O)NC(C)(C)CC(C)(C)OC2(C)CC(C(C)C)C2)OC(CO)C(O)C1O. The monoisotopic (exact) mass is 558 g/mol. The normalized spacial score (nSPS) is 31.6. The highest BCUT2D eigenvalue weighted by Crippen LogP contribution is 2.47. The molecule has 2 fully saturated rings. The van der Waals surface area contributed by atoms with Gasteiger partial charge in [-0.1, -0.05) is 20.3 Å². The van der Waals surface area contributed by atoms with E-state index in [2.05, 4.69) is 45.3 Å². The van der Waals surface area contributed by atoms with Gasteiger partial charge < -0.3 is 40.2 Å². The molecule has 2 aliphatic rings. The molecule has 10 nitrogen and oxygen atoms in total. The predicted molar refractivity (Wildman–Crippen MR) is 148 cm³/mol. The summed E-state index contributed by atoms with van der Waals surface area (Å²) >= 11 is 0. The number of ether oxygens (including phenoxy) is 3. The number of hydrogen-bond acceptors (Lipinski definition) is 8. The molecule has 1 aliphatic carbocycles. The van der Waals surface area contributed by atoms with Gasteiger partial charge in [0.1, 0.15) is 24.4 Å². The van der Waals surface area contributed by atoms with Crippen LogP contribution in [0.2, 0.25) is 0 Å². The van der Waals surface area contributed by atoms with E-state index >= 15 is 0 Å². The van der Waals surface area contributed by atoms with E-state index in [9.17, 15) is 24.9 Å². The van der Waals surface area contributed by atoms with Crippen LogP contribution < -0.4 is 10.6 Å². The average Bonchev–Trinajstić information content (AvgIpc) is 2.76. The molecule has 0 bridgehead atoms. The summed E-state index contributed by atoms with van der Waals surface area (Å²) in [5.74, 6) is 0.992. The number of rotatable bonds is 15. The van der Waals surface area contributed by atoms with E-state index in [1.54, 1.807) is 0 Å². The molecule has 2 rings (SSSR count). The molecule has 39 heavy (non-hydrogen) atoms. The summed E-state index contributed by atoms with van der Waals surface area (Å²) in [6.07, 6.45) is 0.631. The van der Waals surface area contributed by atoms with Gasteiger partial charge in [-0.05, 0) is 78.6 Å². The van der Waals surface area contributed by atoms with Crippen LogP contribution in [-0.2, 0) is 23.8 Å². The first-order valence-corrected chi connectivity index (χ1v) is 14.5. The number of aliphatic hydroxyl groups excluding tert-OH is 3. The van der Waals surface area contributed by atoms with Gasteiger partial charge in [0, 0.05) is 25.5 Å². The van der Waals surface area contributed by atoms with Gasteiger partial charge in [0.05, 0.1) is 17.8 Å². The first kappa shape index (κ1) is 33.9. The van der Waals surface area contributed by atoms with Crippen LogP contribution in [-0.4, -0.2) is 87.7 Å². The van der Waals surface area contributed by atoms with Gasteiger partial charge in [-0.15, -0.1) is 0 Å². The number of unbranched alkanes of at least 4 members (excludes halogenated alkanes) is 2. The van der Waals surface area contributed by atoms with Gasteiger partial charge in [-0.3, -0.25) is 9.59 Å². The number of nitrogens with one attached hydrogen (secondary N) is 2. The zero-order chi connectivity index (χ0) is 29.6. The molecule has 1 heterocycles. The molecule has 0 aromatic heterocycles. The van der Waals surface area contributed by atoms with Gasteiger partial charge in [0.25, 0.3) is 0 Å². The molecule has 5 N–H and O–H groups in total. The van der Waals surface area contributed by atoms with Crippen LogP contribution in [0, 0.1) is 11.8 Å². The quantitative estimate of drug-likeness (QED) is 0.193. The summed E-state index contributed by atoms with van der Waals surface area (Å²) in [5, 5.41) is 35.5. The van der Waals surface area contributed by atoms with E-state index in [0.717, 1.165) is 25.2 Å². The second-order valence-electron chi connectivity index (χ2n) is 13.4. The molecule has 1 saturated carbocycles. The third-order valence-corrected chi connectivity index (χ3v) is 7.78. The van der Waals surface area contributed by atoms with Crippen LogP contribution in [0.4, 0.5) is 0 Å². The smallest absolute Gasteiger partial charge is 0.220 e. The Balaban J connectivity index is 1.70. The van der Waals surface area contributed by atoms with Gasteiger partial charge in [0.15, 0.2) is 6.29 Å². The molecule has 2 amide bonds. The standard InChI is InChI=1S/C29H54N2O8/c1-18(2)20-14-29(8,15-20)39-28(6,7)17-27(4,5)31-22(34)12-10-9-11-13-37-26-23(30-19(3)33)25(36)24(35)21(16-32)38-26/h18,20-21,23-26,32,35-36H,9-17H2,1-8H3,(H,30,33)(H,31,34). The third kappa shape index (κ3) is 10.6. The molecule has 10 heteroatoms. The van der Waals surface area contributed by atoms with Crippen molar-refractivity contribution < 1.29 is 39.1 Å². The number of carbonyl (C=O) groups excluding carboxylic acids is 2. The Bertz CT molecular complexity index is 796. The van der Waals surface area contributed by atoms with Crippen molar-refractivity contribution in [2.75, 3.05) is 13.2 Å². The summed E-state index contributed by atoms with van der Waals surface area (Å²) in [5.41, 5.74) is -0.866. The van der Waals surface area contributed by atoms with Crippen molar-refractivity contribution in [3.05, 3.63) is 0 Å². The largest absolute Gasteiger partial charge is 0.394 e. The summed E-state index contributed by atoms with van der Waals surface area (Å²) in [4.78, 5) is 24.2. The van der Waals surface area contributed by atoms with Crippen molar-refractivity contribution in [3.8, 4) is 0 Å². The lowest BCUT2D eigenvalue weighted by Crippen LogP contribution is -2.64. The molecule has 0 aromatic rings. The van der Waals surface area contributed by atoms with Crippen molar-refractivity contribution >= 4 is 11.8 Å². The minimum Gasteiger partial charge on any atom is -0.394 e. The minimum absolute atomic E-state index is 0.00400. The molecule has 0 spiro atoms. The van der Waals surface area contributed by atoms with E-state index < -0.39 is 48.7 Å². The average molecular weight is 559 g/mol. The Kier molecular flexibility index (Phi) is 12.2. The molecule has 0 radical (unpaired) electrons. The van der Waals surface area contributed by atoms with Crippen LogP contribution in [0.25, 0.3) is 0 Å². The van der Waals surface area contributed by atoms with Gasteiger partial charge in [0.2, 0.25) is 11.8 Å². The minimum atomic E-state index is -1.34. The fraction of sp³-hybridized carbons (Fsp3) is 0.931.